The van der Waals surface area contributed by atoms with E-state index in [1.165, 1.54) is 30.3 Å². The number of nitrogens with one attached hydrogen (secondary N) is 2. The summed E-state index contributed by atoms with van der Waals surface area (Å²) >= 11 is 8.39. The van der Waals surface area contributed by atoms with Gasteiger partial charge < -0.3 is 5.32 Å². The normalized spacial score (nSPS) is 11.1. The molecule has 0 fully saturated rings. The van der Waals surface area contributed by atoms with Crippen molar-refractivity contribution in [1.82, 2.24) is 0 Å². The first-order valence-electron chi connectivity index (χ1n) is 8.20. The highest BCUT2D eigenvalue weighted by Gasteiger charge is 2.16. The summed E-state index contributed by atoms with van der Waals surface area (Å²) in [7, 11) is -3.74. The molecule has 0 heterocycles. The van der Waals surface area contributed by atoms with Crippen molar-refractivity contribution in [2.24, 2.45) is 0 Å². The number of hydrogen-bond donors (Lipinski definition) is 2. The molecule has 3 aromatic carbocycles. The third-order valence-corrected chi connectivity index (χ3v) is 6.33. The molecule has 3 rings (SSSR count). The van der Waals surface area contributed by atoms with Gasteiger partial charge in [0.15, 0.2) is 0 Å². The van der Waals surface area contributed by atoms with E-state index in [1.54, 1.807) is 24.3 Å². The third-order valence-electron chi connectivity index (χ3n) is 3.90. The summed E-state index contributed by atoms with van der Waals surface area (Å²) in [4.78, 5) is 12.6. The van der Waals surface area contributed by atoms with Crippen LogP contribution >= 0.6 is 34.2 Å². The minimum atomic E-state index is -3.74. The molecule has 0 saturated heterocycles. The smallest absolute Gasteiger partial charge is 0.261 e. The van der Waals surface area contributed by atoms with Crippen LogP contribution in [0.2, 0.25) is 5.02 Å². The first-order chi connectivity index (χ1) is 13.2. The number of halogens is 2. The average Bonchev–Trinajstić information content (AvgIpc) is 2.63. The molecule has 1 amide bonds. The lowest BCUT2D eigenvalue weighted by molar-refractivity contribution is 0.102. The summed E-state index contributed by atoms with van der Waals surface area (Å²) in [6.45, 7) is 1.88. The van der Waals surface area contributed by atoms with Crippen LogP contribution in [-0.4, -0.2) is 14.3 Å². The molecule has 0 saturated carbocycles. The van der Waals surface area contributed by atoms with Crippen molar-refractivity contribution in [3.63, 3.8) is 0 Å². The monoisotopic (exact) mass is 526 g/mol. The summed E-state index contributed by atoms with van der Waals surface area (Å²) in [6.07, 6.45) is 0. The Balaban J connectivity index is 1.77. The Hall–Kier alpha value is -2.10. The highest BCUT2D eigenvalue weighted by atomic mass is 127. The first kappa shape index (κ1) is 20.6. The van der Waals surface area contributed by atoms with Crippen LogP contribution in [-0.2, 0) is 10.0 Å². The van der Waals surface area contributed by atoms with Gasteiger partial charge in [-0.25, -0.2) is 8.42 Å². The molecule has 0 atom stereocenters. The quantitative estimate of drug-likeness (QED) is 0.443. The molecule has 0 aromatic heterocycles. The molecular formula is C20H16ClIN2O3S. The zero-order valence-electron chi connectivity index (χ0n) is 14.7. The maximum atomic E-state index is 12.5. The summed E-state index contributed by atoms with van der Waals surface area (Å²) in [5.74, 6) is -0.376. The van der Waals surface area contributed by atoms with Gasteiger partial charge in [0, 0.05) is 9.26 Å². The van der Waals surface area contributed by atoms with E-state index in [-0.39, 0.29) is 27.1 Å². The van der Waals surface area contributed by atoms with E-state index in [0.717, 1.165) is 9.13 Å². The maximum absolute atomic E-state index is 12.5. The van der Waals surface area contributed by atoms with Gasteiger partial charge in [-0.3, -0.25) is 9.52 Å². The molecular weight excluding hydrogens is 511 g/mol. The van der Waals surface area contributed by atoms with Crippen LogP contribution in [0.3, 0.4) is 0 Å². The number of rotatable bonds is 5. The van der Waals surface area contributed by atoms with E-state index in [9.17, 15) is 13.2 Å². The molecule has 0 aliphatic rings. The average molecular weight is 527 g/mol. The highest BCUT2D eigenvalue weighted by molar-refractivity contribution is 14.1. The van der Waals surface area contributed by atoms with Gasteiger partial charge in [0.2, 0.25) is 0 Å². The number of aryl methyl sites for hydroxylation is 1. The first-order valence-corrected chi connectivity index (χ1v) is 11.1. The molecule has 0 aliphatic carbocycles. The molecule has 2 N–H and O–H groups in total. The number of sulfonamides is 1. The van der Waals surface area contributed by atoms with Crippen LogP contribution in [0.15, 0.2) is 71.6 Å². The lowest BCUT2D eigenvalue weighted by Crippen LogP contribution is -2.15. The second-order valence-corrected chi connectivity index (χ2v) is 9.41. The van der Waals surface area contributed by atoms with Gasteiger partial charge in [0.25, 0.3) is 15.9 Å². The number of anilines is 2. The fraction of sp³-hybridized carbons (Fsp3) is 0.0500. The van der Waals surface area contributed by atoms with Crippen molar-refractivity contribution in [3.05, 3.63) is 86.4 Å². The summed E-state index contributed by atoms with van der Waals surface area (Å²) in [6, 6.07) is 18.2. The summed E-state index contributed by atoms with van der Waals surface area (Å²) in [5, 5.41) is 2.91. The zero-order valence-corrected chi connectivity index (χ0v) is 18.5. The van der Waals surface area contributed by atoms with Crippen LogP contribution in [0.5, 0.6) is 0 Å². The van der Waals surface area contributed by atoms with Crippen molar-refractivity contribution in [3.8, 4) is 0 Å². The van der Waals surface area contributed by atoms with Gasteiger partial charge in [-0.05, 0) is 84.1 Å². The number of hydrogen-bond acceptors (Lipinski definition) is 3. The Labute approximate surface area is 182 Å². The largest absolute Gasteiger partial charge is 0.322 e. The van der Waals surface area contributed by atoms with E-state index in [4.69, 9.17) is 11.6 Å². The van der Waals surface area contributed by atoms with Gasteiger partial charge in [0.1, 0.15) is 0 Å². The Kier molecular flexibility index (Phi) is 6.26. The fourth-order valence-electron chi connectivity index (χ4n) is 2.43. The minimum absolute atomic E-state index is 0.145. The van der Waals surface area contributed by atoms with Crippen molar-refractivity contribution in [1.29, 1.82) is 0 Å². The van der Waals surface area contributed by atoms with Crippen molar-refractivity contribution < 1.29 is 13.2 Å². The minimum Gasteiger partial charge on any atom is -0.322 e. The lowest BCUT2D eigenvalue weighted by Gasteiger charge is -2.11. The molecule has 0 spiro atoms. The van der Waals surface area contributed by atoms with E-state index >= 15 is 0 Å². The Morgan fingerprint density at radius 2 is 1.54 bits per heavy atom. The number of carbonyl (C=O) groups excluding carboxylic acids is 1. The van der Waals surface area contributed by atoms with Gasteiger partial charge >= 0.3 is 0 Å². The predicted octanol–water partition coefficient (Wildman–Crippen LogP) is 5.31. The van der Waals surface area contributed by atoms with E-state index in [1.807, 2.05) is 19.1 Å². The second kappa shape index (κ2) is 8.50. The lowest BCUT2D eigenvalue weighted by atomic mass is 10.2. The Morgan fingerprint density at radius 1 is 0.929 bits per heavy atom. The highest BCUT2D eigenvalue weighted by Crippen LogP contribution is 2.24. The van der Waals surface area contributed by atoms with Gasteiger partial charge in [-0.15, -0.1) is 0 Å². The second-order valence-electron chi connectivity index (χ2n) is 6.07. The Bertz CT molecular complexity index is 1120. The Morgan fingerprint density at radius 3 is 2.14 bits per heavy atom. The molecule has 8 heteroatoms. The van der Waals surface area contributed by atoms with Crippen LogP contribution in [0.25, 0.3) is 0 Å². The topological polar surface area (TPSA) is 75.3 Å². The van der Waals surface area contributed by atoms with E-state index < -0.39 is 10.0 Å². The van der Waals surface area contributed by atoms with Gasteiger partial charge in [-0.2, -0.15) is 0 Å². The molecule has 0 aliphatic heterocycles. The molecule has 0 bridgehead atoms. The molecule has 0 unspecified atom stereocenters. The molecule has 5 nitrogen and oxygen atoms in total. The molecule has 0 radical (unpaired) electrons. The summed E-state index contributed by atoms with van der Waals surface area (Å²) in [5.41, 5.74) is 2.13. The van der Waals surface area contributed by atoms with E-state index in [0.29, 0.717) is 5.69 Å². The van der Waals surface area contributed by atoms with Crippen LogP contribution in [0.4, 0.5) is 11.4 Å². The number of carbonyl (C=O) groups is 1. The zero-order chi connectivity index (χ0) is 20.3. The molecule has 28 heavy (non-hydrogen) atoms. The fourth-order valence-corrected chi connectivity index (χ4v) is 4.10. The summed E-state index contributed by atoms with van der Waals surface area (Å²) < 4.78 is 28.5. The number of amides is 1. The maximum Gasteiger partial charge on any atom is 0.261 e. The molecule has 3 aromatic rings. The van der Waals surface area contributed by atoms with E-state index in [2.05, 4.69) is 32.6 Å². The molecule has 144 valence electrons. The SMILES string of the molecule is Cc1ccc(S(=O)(=O)Nc2ccc(C(=O)Nc3ccc(I)cc3)c(Cl)c2)cc1. The predicted molar refractivity (Wildman–Crippen MR) is 121 cm³/mol. The van der Waals surface area contributed by atoms with Crippen molar-refractivity contribution in [2.45, 2.75) is 11.8 Å². The number of benzene rings is 3. The van der Waals surface area contributed by atoms with Gasteiger partial charge in [-0.1, -0.05) is 29.3 Å². The third kappa shape index (κ3) is 5.03. The standard InChI is InChI=1S/C20H16ClIN2O3S/c1-13-2-9-17(10-3-13)28(26,27)24-16-8-11-18(19(21)12-16)20(25)23-15-6-4-14(22)5-7-15/h2-12,24H,1H3,(H,23,25). The van der Waals surface area contributed by atoms with Crippen LogP contribution in [0, 0.1) is 10.5 Å². The van der Waals surface area contributed by atoms with Crippen molar-refractivity contribution in [2.75, 3.05) is 10.0 Å². The van der Waals surface area contributed by atoms with Crippen LogP contribution < -0.4 is 10.0 Å². The van der Waals surface area contributed by atoms with Crippen LogP contribution in [0.1, 0.15) is 15.9 Å². The van der Waals surface area contributed by atoms with Gasteiger partial charge in [0.05, 0.1) is 21.2 Å². The van der Waals surface area contributed by atoms with Crippen molar-refractivity contribution >= 4 is 61.5 Å².